The SMILES string of the molecule is C[C@@H]1CN([C@H](C)CO)C(=O)CCCn2cc(nn2)CO[C@@H]1CN(C)S(=O)(=O)c1cccc(F)c1. The Balaban J connectivity index is 1.86. The predicted octanol–water partition coefficient (Wildman–Crippen LogP) is 1.26. The summed E-state index contributed by atoms with van der Waals surface area (Å²) in [7, 11) is -2.56. The summed E-state index contributed by atoms with van der Waals surface area (Å²) < 4.78 is 48.6. The van der Waals surface area contributed by atoms with Gasteiger partial charge in [-0.1, -0.05) is 18.2 Å². The number of likely N-dealkylation sites (N-methyl/N-ethyl adjacent to an activating group) is 1. The van der Waals surface area contributed by atoms with E-state index in [1.54, 1.807) is 22.7 Å². The van der Waals surface area contributed by atoms with Gasteiger partial charge in [-0.25, -0.2) is 12.8 Å². The van der Waals surface area contributed by atoms with Gasteiger partial charge in [-0.3, -0.25) is 9.48 Å². The van der Waals surface area contributed by atoms with Gasteiger partial charge in [0.1, 0.15) is 11.5 Å². The molecule has 2 aromatic rings. The normalized spacial score (nSPS) is 21.6. The van der Waals surface area contributed by atoms with Crippen molar-refractivity contribution in [1.82, 2.24) is 24.2 Å². The Labute approximate surface area is 199 Å². The third-order valence-corrected chi connectivity index (χ3v) is 7.81. The number of aryl methyl sites for hydroxylation is 1. The Bertz CT molecular complexity index is 1080. The highest BCUT2D eigenvalue weighted by Gasteiger charge is 2.31. The van der Waals surface area contributed by atoms with Crippen LogP contribution in [0.4, 0.5) is 4.39 Å². The lowest BCUT2D eigenvalue weighted by atomic mass is 10.0. The summed E-state index contributed by atoms with van der Waals surface area (Å²) in [6.07, 6.45) is 1.99. The quantitative estimate of drug-likeness (QED) is 0.638. The Morgan fingerprint density at radius 3 is 2.85 bits per heavy atom. The largest absolute Gasteiger partial charge is 0.394 e. The van der Waals surface area contributed by atoms with Gasteiger partial charge in [-0.15, -0.1) is 5.10 Å². The molecule has 0 aliphatic carbocycles. The number of aromatic nitrogens is 3. The van der Waals surface area contributed by atoms with Crippen LogP contribution in [0.1, 0.15) is 32.4 Å². The molecule has 1 aromatic heterocycles. The highest BCUT2D eigenvalue weighted by Crippen LogP contribution is 2.21. The molecule has 1 aliphatic heterocycles. The van der Waals surface area contributed by atoms with E-state index in [1.807, 2.05) is 6.92 Å². The molecule has 0 saturated heterocycles. The Morgan fingerprint density at radius 2 is 2.15 bits per heavy atom. The molecule has 34 heavy (non-hydrogen) atoms. The fourth-order valence-corrected chi connectivity index (χ4v) is 5.07. The van der Waals surface area contributed by atoms with E-state index >= 15 is 0 Å². The van der Waals surface area contributed by atoms with Crippen molar-refractivity contribution in [3.05, 3.63) is 42.0 Å². The van der Waals surface area contributed by atoms with Gasteiger partial charge in [0.25, 0.3) is 0 Å². The molecule has 0 saturated carbocycles. The summed E-state index contributed by atoms with van der Waals surface area (Å²) in [4.78, 5) is 14.4. The maximum Gasteiger partial charge on any atom is 0.243 e. The number of carbonyl (C=O) groups is 1. The number of aliphatic hydroxyl groups is 1. The molecule has 0 radical (unpaired) electrons. The smallest absolute Gasteiger partial charge is 0.243 e. The zero-order chi connectivity index (χ0) is 24.9. The number of hydrogen-bond acceptors (Lipinski definition) is 7. The van der Waals surface area contributed by atoms with Crippen LogP contribution in [0.25, 0.3) is 0 Å². The Kier molecular flexibility index (Phi) is 8.74. The molecule has 1 aliphatic rings. The summed E-state index contributed by atoms with van der Waals surface area (Å²) in [5.41, 5.74) is 0.596. The van der Waals surface area contributed by atoms with E-state index < -0.39 is 28.0 Å². The summed E-state index contributed by atoms with van der Waals surface area (Å²) in [6.45, 7) is 4.34. The van der Waals surface area contributed by atoms with Crippen LogP contribution >= 0.6 is 0 Å². The standard InChI is InChI=1S/C22H32FN5O5S/c1-16-11-28(17(2)14-29)22(30)8-5-9-27-12-19(24-25-27)15-33-21(16)13-26(3)34(31,32)20-7-4-6-18(23)10-20/h4,6-7,10,12,16-17,21,29H,5,8-9,11,13-15H2,1-3H3/t16-,17-,21-/m1/s1. The minimum Gasteiger partial charge on any atom is -0.394 e. The fraction of sp³-hybridized carbons (Fsp3) is 0.591. The predicted molar refractivity (Wildman–Crippen MR) is 121 cm³/mol. The van der Waals surface area contributed by atoms with Gasteiger partial charge in [0.2, 0.25) is 15.9 Å². The van der Waals surface area contributed by atoms with Crippen LogP contribution in [0.15, 0.2) is 35.4 Å². The third-order valence-electron chi connectivity index (χ3n) is 5.99. The minimum absolute atomic E-state index is 0.0241. The van der Waals surface area contributed by atoms with Crippen LogP contribution < -0.4 is 0 Å². The topological polar surface area (TPSA) is 118 Å². The van der Waals surface area contributed by atoms with Crippen molar-refractivity contribution < 1.29 is 27.4 Å². The zero-order valence-corrected chi connectivity index (χ0v) is 20.5. The highest BCUT2D eigenvalue weighted by atomic mass is 32.2. The second-order valence-corrected chi connectivity index (χ2v) is 10.8. The molecule has 1 N–H and O–H groups in total. The molecule has 3 atom stereocenters. The fourth-order valence-electron chi connectivity index (χ4n) is 3.85. The van der Waals surface area contributed by atoms with Crippen LogP contribution in [0.5, 0.6) is 0 Å². The highest BCUT2D eigenvalue weighted by molar-refractivity contribution is 7.89. The molecule has 1 aromatic carbocycles. The van der Waals surface area contributed by atoms with Gasteiger partial charge in [0.15, 0.2) is 0 Å². The van der Waals surface area contributed by atoms with Crippen LogP contribution in [0, 0.1) is 11.7 Å². The lowest BCUT2D eigenvalue weighted by molar-refractivity contribution is -0.136. The summed E-state index contributed by atoms with van der Waals surface area (Å²) in [6, 6.07) is 4.44. The van der Waals surface area contributed by atoms with E-state index in [9.17, 15) is 22.7 Å². The van der Waals surface area contributed by atoms with Crippen molar-refractivity contribution in [2.24, 2.45) is 5.92 Å². The van der Waals surface area contributed by atoms with Gasteiger partial charge in [-0.05, 0) is 31.5 Å². The zero-order valence-electron chi connectivity index (χ0n) is 19.7. The molecule has 0 unspecified atom stereocenters. The first kappa shape index (κ1) is 26.2. The first-order valence-electron chi connectivity index (χ1n) is 11.2. The number of carbonyl (C=O) groups excluding carboxylic acids is 1. The third kappa shape index (κ3) is 6.38. The van der Waals surface area contributed by atoms with Crippen LogP contribution in [0.3, 0.4) is 0 Å². The molecule has 188 valence electrons. The van der Waals surface area contributed by atoms with E-state index in [0.29, 0.717) is 18.7 Å². The lowest BCUT2D eigenvalue weighted by Crippen LogP contribution is -2.47. The van der Waals surface area contributed by atoms with Crippen molar-refractivity contribution in [2.45, 2.75) is 56.9 Å². The molecule has 0 fully saturated rings. The van der Waals surface area contributed by atoms with E-state index in [0.717, 1.165) is 10.4 Å². The number of halogens is 1. The molecule has 2 heterocycles. The van der Waals surface area contributed by atoms with E-state index in [1.165, 1.54) is 25.2 Å². The van der Waals surface area contributed by atoms with Crippen molar-refractivity contribution in [2.75, 3.05) is 26.7 Å². The number of sulfonamides is 1. The number of benzene rings is 1. The second-order valence-electron chi connectivity index (χ2n) is 8.72. The maximum absolute atomic E-state index is 13.6. The molecule has 10 nitrogen and oxygen atoms in total. The summed E-state index contributed by atoms with van der Waals surface area (Å²) in [5, 5.41) is 17.8. The number of amides is 1. The number of aliphatic hydroxyl groups excluding tert-OH is 1. The Morgan fingerprint density at radius 1 is 1.38 bits per heavy atom. The van der Waals surface area contributed by atoms with Gasteiger partial charge in [0, 0.05) is 39.0 Å². The van der Waals surface area contributed by atoms with Crippen molar-refractivity contribution in [1.29, 1.82) is 0 Å². The van der Waals surface area contributed by atoms with Crippen LogP contribution in [0.2, 0.25) is 0 Å². The Hall–Kier alpha value is -2.41. The average Bonchev–Trinajstić information content (AvgIpc) is 3.26. The van der Waals surface area contributed by atoms with E-state index in [4.69, 9.17) is 4.74 Å². The van der Waals surface area contributed by atoms with Gasteiger partial charge in [-0.2, -0.15) is 4.31 Å². The first-order valence-corrected chi connectivity index (χ1v) is 12.7. The molecule has 1 amide bonds. The number of hydrogen-bond donors (Lipinski definition) is 1. The van der Waals surface area contributed by atoms with Gasteiger partial charge in [0.05, 0.1) is 36.5 Å². The minimum atomic E-state index is -3.97. The lowest BCUT2D eigenvalue weighted by Gasteiger charge is -2.35. The van der Waals surface area contributed by atoms with Gasteiger partial charge >= 0.3 is 0 Å². The van der Waals surface area contributed by atoms with Crippen molar-refractivity contribution in [3.63, 3.8) is 0 Å². The first-order chi connectivity index (χ1) is 16.1. The van der Waals surface area contributed by atoms with Gasteiger partial charge < -0.3 is 14.7 Å². The molecular weight excluding hydrogens is 465 g/mol. The molecular formula is C22H32FN5O5S. The van der Waals surface area contributed by atoms with E-state index in [2.05, 4.69) is 10.3 Å². The van der Waals surface area contributed by atoms with Crippen molar-refractivity contribution in [3.8, 4) is 0 Å². The summed E-state index contributed by atoms with van der Waals surface area (Å²) >= 11 is 0. The van der Waals surface area contributed by atoms with Crippen LogP contribution in [-0.2, 0) is 32.7 Å². The average molecular weight is 498 g/mol. The number of fused-ring (bicyclic) bond motifs is 2. The number of nitrogens with zero attached hydrogens (tertiary/aromatic N) is 5. The molecule has 0 spiro atoms. The molecule has 2 bridgehead atoms. The number of ether oxygens (including phenoxy) is 1. The summed E-state index contributed by atoms with van der Waals surface area (Å²) in [5.74, 6) is -1.03. The molecule has 3 rings (SSSR count). The van der Waals surface area contributed by atoms with E-state index in [-0.39, 0.29) is 49.4 Å². The second kappa shape index (κ2) is 11.3. The number of rotatable bonds is 6. The maximum atomic E-state index is 13.6. The molecule has 12 heteroatoms. The monoisotopic (exact) mass is 497 g/mol. The van der Waals surface area contributed by atoms with Crippen LogP contribution in [-0.4, -0.2) is 82.5 Å². The van der Waals surface area contributed by atoms with Crippen molar-refractivity contribution >= 4 is 15.9 Å².